The van der Waals surface area contributed by atoms with Crippen LogP contribution < -0.4 is 15.5 Å². The summed E-state index contributed by atoms with van der Waals surface area (Å²) in [6.45, 7) is 3.35. The number of anilines is 3. The fourth-order valence-corrected chi connectivity index (χ4v) is 5.95. The Hall–Kier alpha value is -2.66. The largest absolute Gasteiger partial charge is 0.369 e. The number of nitrogens with zero attached hydrogens (tertiary/aromatic N) is 1. The average Bonchev–Trinajstić information content (AvgIpc) is 3.54. The normalized spacial score (nSPS) is 17.6. The van der Waals surface area contributed by atoms with Crippen LogP contribution in [-0.2, 0) is 14.3 Å². The molecule has 3 aromatic rings. The monoisotopic (exact) mass is 691 g/mol. The highest BCUT2D eigenvalue weighted by Gasteiger charge is 2.67. The van der Waals surface area contributed by atoms with E-state index in [1.165, 1.54) is 32.2 Å². The maximum absolute atomic E-state index is 15.4. The predicted octanol–water partition coefficient (Wildman–Crippen LogP) is 8.09. The number of hydrogen-bond donors (Lipinski definition) is 2. The van der Waals surface area contributed by atoms with E-state index < -0.39 is 63.0 Å². The van der Waals surface area contributed by atoms with Crippen molar-refractivity contribution in [3.8, 4) is 0 Å². The van der Waals surface area contributed by atoms with E-state index in [4.69, 9.17) is 62.7 Å². The number of halogens is 7. The van der Waals surface area contributed by atoms with Gasteiger partial charge in [0.1, 0.15) is 21.9 Å². The summed E-state index contributed by atoms with van der Waals surface area (Å²) in [5, 5.41) is 5.61. The smallest absolute Gasteiger partial charge is 0.257 e. The van der Waals surface area contributed by atoms with E-state index in [9.17, 15) is 18.8 Å². The molecule has 43 heavy (non-hydrogen) atoms. The van der Waals surface area contributed by atoms with E-state index >= 15 is 4.39 Å². The van der Waals surface area contributed by atoms with Crippen LogP contribution in [0.1, 0.15) is 35.7 Å². The second kappa shape index (κ2) is 13.1. The van der Waals surface area contributed by atoms with Crippen LogP contribution >= 0.6 is 58.0 Å². The number of ether oxygens (including phenoxy) is 1. The third-order valence-electron chi connectivity index (χ3n) is 6.86. The van der Waals surface area contributed by atoms with Gasteiger partial charge in [-0.05, 0) is 61.9 Å². The van der Waals surface area contributed by atoms with Crippen LogP contribution in [0.2, 0.25) is 15.1 Å². The summed E-state index contributed by atoms with van der Waals surface area (Å²) < 4.78 is 33.8. The third kappa shape index (κ3) is 6.87. The van der Waals surface area contributed by atoms with Gasteiger partial charge in [0, 0.05) is 25.3 Å². The van der Waals surface area contributed by atoms with Crippen molar-refractivity contribution in [1.29, 1.82) is 0 Å². The number of benzene rings is 3. The molecule has 2 N–H and O–H groups in total. The zero-order valence-corrected chi connectivity index (χ0v) is 26.6. The summed E-state index contributed by atoms with van der Waals surface area (Å²) in [4.78, 5) is 39.6. The molecule has 0 aromatic heterocycles. The summed E-state index contributed by atoms with van der Waals surface area (Å²) in [7, 11) is 1.19. The van der Waals surface area contributed by atoms with E-state index in [1.54, 1.807) is 25.1 Å². The van der Waals surface area contributed by atoms with Gasteiger partial charge < -0.3 is 20.3 Å². The van der Waals surface area contributed by atoms with Crippen LogP contribution in [-0.4, -0.2) is 41.8 Å². The molecule has 0 bridgehead atoms. The Morgan fingerprint density at radius 3 is 2.30 bits per heavy atom. The Balaban J connectivity index is 1.52. The molecule has 228 valence electrons. The third-order valence-corrected chi connectivity index (χ3v) is 8.87. The summed E-state index contributed by atoms with van der Waals surface area (Å²) in [5.41, 5.74) is -0.408. The summed E-state index contributed by atoms with van der Waals surface area (Å²) >= 11 is 31.2. The fourth-order valence-electron chi connectivity index (χ4n) is 4.61. The zero-order chi connectivity index (χ0) is 31.8. The van der Waals surface area contributed by atoms with Gasteiger partial charge in [0.25, 0.3) is 11.8 Å². The van der Waals surface area contributed by atoms with Gasteiger partial charge in [-0.3, -0.25) is 14.4 Å². The Morgan fingerprint density at radius 1 is 0.977 bits per heavy atom. The lowest BCUT2D eigenvalue weighted by molar-refractivity contribution is -0.128. The second-order valence-corrected chi connectivity index (χ2v) is 12.4. The quantitative estimate of drug-likeness (QED) is 0.222. The molecule has 0 heterocycles. The molecule has 0 aliphatic heterocycles. The minimum atomic E-state index is -1.42. The molecule has 0 saturated heterocycles. The van der Waals surface area contributed by atoms with Gasteiger partial charge in [-0.25, -0.2) is 8.78 Å². The van der Waals surface area contributed by atoms with Crippen molar-refractivity contribution in [3.63, 3.8) is 0 Å². The van der Waals surface area contributed by atoms with Crippen molar-refractivity contribution in [2.24, 2.45) is 5.92 Å². The van der Waals surface area contributed by atoms with Crippen LogP contribution in [0.5, 0.6) is 0 Å². The highest BCUT2D eigenvalue weighted by atomic mass is 35.5. The molecule has 3 atom stereocenters. The first-order chi connectivity index (χ1) is 20.2. The first-order valence-corrected chi connectivity index (χ1v) is 14.7. The van der Waals surface area contributed by atoms with Crippen LogP contribution in [0.15, 0.2) is 48.5 Å². The van der Waals surface area contributed by atoms with Gasteiger partial charge in [0.15, 0.2) is 5.82 Å². The molecule has 1 aliphatic rings. The van der Waals surface area contributed by atoms with Crippen molar-refractivity contribution in [2.75, 3.05) is 29.2 Å². The molecule has 3 amide bonds. The number of hydrogen-bond acceptors (Lipinski definition) is 4. The summed E-state index contributed by atoms with van der Waals surface area (Å²) in [6, 6.07) is 10.8. The van der Waals surface area contributed by atoms with Crippen molar-refractivity contribution in [2.45, 2.75) is 30.2 Å². The predicted molar refractivity (Wildman–Crippen MR) is 166 cm³/mol. The highest BCUT2D eigenvalue weighted by Crippen LogP contribution is 2.65. The molecule has 4 rings (SSSR count). The maximum atomic E-state index is 15.4. The summed E-state index contributed by atoms with van der Waals surface area (Å²) in [6.07, 6.45) is -0.957. The minimum Gasteiger partial charge on any atom is -0.369 e. The first kappa shape index (κ1) is 33.2. The molecule has 1 unspecified atom stereocenters. The molecule has 3 aromatic carbocycles. The van der Waals surface area contributed by atoms with Gasteiger partial charge in [-0.1, -0.05) is 40.9 Å². The van der Waals surface area contributed by atoms with Crippen LogP contribution in [0.4, 0.5) is 25.8 Å². The van der Waals surface area contributed by atoms with E-state index in [1.807, 2.05) is 0 Å². The number of likely N-dealkylation sites (N-methyl/N-ethyl adjacent to an activating group) is 1. The van der Waals surface area contributed by atoms with E-state index in [-0.39, 0.29) is 27.9 Å². The highest BCUT2D eigenvalue weighted by molar-refractivity contribution is 6.53. The Morgan fingerprint density at radius 2 is 1.65 bits per heavy atom. The Labute approximate surface area is 271 Å². The number of carbonyl (C=O) groups is 3. The minimum absolute atomic E-state index is 0.0137. The lowest BCUT2D eigenvalue weighted by Crippen LogP contribution is -2.37. The van der Waals surface area contributed by atoms with Crippen LogP contribution in [0.25, 0.3) is 0 Å². The standard InChI is InChI=1S/C29H24Cl5F2N3O4/c1-4-43-13(2)28(42)39(3)25-20(35)9-10-21(24(25)36)38-26(40)16-12-15(6-8-17(16)30)37-27(41)23-22(29(23,33)34)14-5-7-18(31)19(32)11-14/h5-13,22-23H,4H2,1-3H3,(H,37,41)(H,38,40)/t13?,22-,23+/m0/s1. The van der Waals surface area contributed by atoms with Crippen molar-refractivity contribution in [3.05, 3.63) is 86.4 Å². The van der Waals surface area contributed by atoms with Gasteiger partial charge >= 0.3 is 0 Å². The molecule has 14 heteroatoms. The number of alkyl halides is 2. The molecule has 0 radical (unpaired) electrons. The van der Waals surface area contributed by atoms with E-state index in [0.29, 0.717) is 10.6 Å². The second-order valence-electron chi connectivity index (χ2n) is 9.69. The van der Waals surface area contributed by atoms with E-state index in [0.717, 1.165) is 17.0 Å². The molecule has 0 spiro atoms. The van der Waals surface area contributed by atoms with Crippen molar-refractivity contribution in [1.82, 2.24) is 0 Å². The number of amides is 3. The average molecular weight is 694 g/mol. The Bertz CT molecular complexity index is 1610. The number of carbonyl (C=O) groups excluding carboxylic acids is 3. The lowest BCUT2D eigenvalue weighted by Gasteiger charge is -2.23. The van der Waals surface area contributed by atoms with Crippen molar-refractivity contribution < 1.29 is 27.9 Å². The fraction of sp³-hybridized carbons (Fsp3) is 0.276. The number of rotatable bonds is 9. The molecule has 7 nitrogen and oxygen atoms in total. The van der Waals surface area contributed by atoms with Gasteiger partial charge in [0.05, 0.1) is 32.2 Å². The SMILES string of the molecule is CCOC(C)C(=O)N(C)c1c(F)ccc(NC(=O)c2cc(NC(=O)[C@H]3[C@H](c4ccc(Cl)c(Cl)c4)C3(Cl)Cl)ccc2Cl)c1F. The van der Waals surface area contributed by atoms with Crippen molar-refractivity contribution >= 4 is 92.8 Å². The molecular weight excluding hydrogens is 670 g/mol. The molecule has 1 aliphatic carbocycles. The lowest BCUT2D eigenvalue weighted by atomic mass is 10.1. The summed E-state index contributed by atoms with van der Waals surface area (Å²) in [5.74, 6) is -5.71. The van der Waals surface area contributed by atoms with Crippen LogP contribution in [0.3, 0.4) is 0 Å². The Kier molecular flexibility index (Phi) is 10.2. The van der Waals surface area contributed by atoms with Gasteiger partial charge in [-0.15, -0.1) is 23.2 Å². The molecular formula is C29H24Cl5F2N3O4. The molecule has 1 fully saturated rings. The van der Waals surface area contributed by atoms with Gasteiger partial charge in [-0.2, -0.15) is 0 Å². The first-order valence-electron chi connectivity index (χ1n) is 12.8. The number of nitrogens with one attached hydrogen (secondary N) is 2. The van der Waals surface area contributed by atoms with Gasteiger partial charge in [0.2, 0.25) is 5.91 Å². The topological polar surface area (TPSA) is 87.7 Å². The maximum Gasteiger partial charge on any atom is 0.257 e. The zero-order valence-electron chi connectivity index (χ0n) is 22.8. The molecule has 1 saturated carbocycles. The van der Waals surface area contributed by atoms with Crippen LogP contribution in [0, 0.1) is 17.6 Å². The van der Waals surface area contributed by atoms with E-state index in [2.05, 4.69) is 10.6 Å².